The van der Waals surface area contributed by atoms with Crippen molar-refractivity contribution in [2.75, 3.05) is 20.3 Å². The van der Waals surface area contributed by atoms with Gasteiger partial charge in [0, 0.05) is 5.56 Å². The fraction of sp³-hybridized carbons (Fsp3) is 0.182. The van der Waals surface area contributed by atoms with E-state index in [9.17, 15) is 4.79 Å². The van der Waals surface area contributed by atoms with Crippen LogP contribution in [0.3, 0.4) is 0 Å². The number of benzene rings is 2. The molecule has 3 rings (SSSR count). The van der Waals surface area contributed by atoms with Crippen molar-refractivity contribution in [1.82, 2.24) is 0 Å². The minimum absolute atomic E-state index is 0.217. The van der Waals surface area contributed by atoms with Crippen molar-refractivity contribution in [3.05, 3.63) is 69.4 Å². The number of carbonyl (C=O) groups excluding carboxylic acids is 1. The zero-order valence-corrected chi connectivity index (χ0v) is 18.3. The van der Waals surface area contributed by atoms with Gasteiger partial charge in [-0.2, -0.15) is 0 Å². The average molecular weight is 505 g/mol. The smallest absolute Gasteiger partial charge is 0.363 e. The predicted molar refractivity (Wildman–Crippen MR) is 120 cm³/mol. The van der Waals surface area contributed by atoms with E-state index >= 15 is 0 Å². The van der Waals surface area contributed by atoms with E-state index in [1.54, 1.807) is 43.5 Å². The van der Waals surface area contributed by atoms with Gasteiger partial charge in [0.05, 0.1) is 17.3 Å². The molecule has 0 aliphatic carbocycles. The third-order valence-corrected chi connectivity index (χ3v) is 4.74. The van der Waals surface area contributed by atoms with Crippen LogP contribution in [-0.2, 0) is 9.53 Å². The maximum atomic E-state index is 12.3. The second-order valence-corrected chi connectivity index (χ2v) is 7.09. The maximum Gasteiger partial charge on any atom is 0.363 e. The number of esters is 1. The van der Waals surface area contributed by atoms with Gasteiger partial charge in [-0.25, -0.2) is 9.79 Å². The highest BCUT2D eigenvalue weighted by Gasteiger charge is 2.24. The number of aliphatic imine (C=N–C) groups is 1. The van der Waals surface area contributed by atoms with Crippen molar-refractivity contribution in [1.29, 1.82) is 0 Å². The Kier molecular flexibility index (Phi) is 6.92. The molecule has 150 valence electrons. The van der Waals surface area contributed by atoms with Gasteiger partial charge >= 0.3 is 5.97 Å². The predicted octanol–water partition coefficient (Wildman–Crippen LogP) is 4.61. The number of nitrogens with zero attached hydrogens (tertiary/aromatic N) is 1. The number of hydrogen-bond donors (Lipinski definition) is 0. The number of ether oxygens (including phenoxy) is 4. The van der Waals surface area contributed by atoms with Crippen molar-refractivity contribution in [3.8, 4) is 17.2 Å². The van der Waals surface area contributed by atoms with Crippen LogP contribution in [0.25, 0.3) is 6.08 Å². The summed E-state index contributed by atoms with van der Waals surface area (Å²) in [4.78, 5) is 16.6. The minimum Gasteiger partial charge on any atom is -0.497 e. The second-order valence-electron chi connectivity index (χ2n) is 5.93. The van der Waals surface area contributed by atoms with E-state index in [1.807, 2.05) is 19.1 Å². The van der Waals surface area contributed by atoms with E-state index in [0.717, 1.165) is 9.13 Å². The van der Waals surface area contributed by atoms with Crippen LogP contribution in [0.1, 0.15) is 18.1 Å². The SMILES string of the molecule is C=CCOc1c(I)cc(/C=C2\N=C(c3ccc(OC)cc3)OC2=O)cc1OCC. The van der Waals surface area contributed by atoms with E-state index in [2.05, 4.69) is 34.2 Å². The Hall–Kier alpha value is -2.81. The lowest BCUT2D eigenvalue weighted by molar-refractivity contribution is -0.129. The highest BCUT2D eigenvalue weighted by molar-refractivity contribution is 14.1. The molecule has 0 aromatic heterocycles. The van der Waals surface area contributed by atoms with Crippen LogP contribution in [0.2, 0.25) is 0 Å². The lowest BCUT2D eigenvalue weighted by atomic mass is 10.1. The maximum absolute atomic E-state index is 12.3. The van der Waals surface area contributed by atoms with Crippen molar-refractivity contribution in [2.45, 2.75) is 6.92 Å². The second kappa shape index (κ2) is 9.60. The zero-order valence-electron chi connectivity index (χ0n) is 16.1. The molecule has 0 fully saturated rings. The van der Waals surface area contributed by atoms with Gasteiger partial charge in [0.2, 0.25) is 5.90 Å². The van der Waals surface area contributed by atoms with Crippen molar-refractivity contribution in [2.24, 2.45) is 4.99 Å². The molecule has 0 atom stereocenters. The molecular weight excluding hydrogens is 485 g/mol. The van der Waals surface area contributed by atoms with Gasteiger partial charge in [-0.05, 0) is 77.6 Å². The van der Waals surface area contributed by atoms with Crippen LogP contribution in [0.4, 0.5) is 0 Å². The molecule has 0 saturated heterocycles. The molecule has 0 bridgehead atoms. The van der Waals surface area contributed by atoms with Crippen LogP contribution in [-0.4, -0.2) is 32.2 Å². The molecule has 2 aromatic rings. The van der Waals surface area contributed by atoms with Gasteiger partial charge < -0.3 is 18.9 Å². The van der Waals surface area contributed by atoms with E-state index in [1.165, 1.54) is 0 Å². The molecule has 2 aromatic carbocycles. The first-order valence-corrected chi connectivity index (χ1v) is 10.0. The van der Waals surface area contributed by atoms with Gasteiger partial charge in [0.25, 0.3) is 0 Å². The fourth-order valence-corrected chi connectivity index (χ4v) is 3.42. The number of rotatable bonds is 8. The number of halogens is 1. The summed E-state index contributed by atoms with van der Waals surface area (Å²) in [6, 6.07) is 10.8. The summed E-state index contributed by atoms with van der Waals surface area (Å²) in [5.74, 6) is 1.71. The molecule has 0 unspecified atom stereocenters. The standard InChI is InChI=1S/C22H20INO5/c1-4-10-28-20-17(23)11-14(13-19(20)27-5-2)12-18-22(25)29-21(24-18)15-6-8-16(26-3)9-7-15/h4,6-9,11-13H,1,5,10H2,2-3H3/b18-12-. The third-order valence-electron chi connectivity index (χ3n) is 3.94. The molecule has 0 saturated carbocycles. The molecule has 1 aliphatic heterocycles. The van der Waals surface area contributed by atoms with Gasteiger partial charge in [-0.1, -0.05) is 12.7 Å². The quantitative estimate of drug-likeness (QED) is 0.227. The number of hydrogen-bond acceptors (Lipinski definition) is 6. The summed E-state index contributed by atoms with van der Waals surface area (Å²) < 4.78 is 22.7. The van der Waals surface area contributed by atoms with Gasteiger partial charge in [-0.3, -0.25) is 0 Å². The summed E-state index contributed by atoms with van der Waals surface area (Å²) in [5, 5.41) is 0. The average Bonchev–Trinajstić information content (AvgIpc) is 3.08. The lowest BCUT2D eigenvalue weighted by Gasteiger charge is -2.13. The molecule has 1 heterocycles. The van der Waals surface area contributed by atoms with Gasteiger partial charge in [-0.15, -0.1) is 0 Å². The Labute approximate surface area is 183 Å². The Balaban J connectivity index is 1.92. The highest BCUT2D eigenvalue weighted by Crippen LogP contribution is 2.35. The van der Waals surface area contributed by atoms with Crippen molar-refractivity contribution < 1.29 is 23.7 Å². The summed E-state index contributed by atoms with van der Waals surface area (Å²) in [6.45, 7) is 6.43. The van der Waals surface area contributed by atoms with Gasteiger partial charge in [0.15, 0.2) is 17.2 Å². The van der Waals surface area contributed by atoms with Crippen LogP contribution < -0.4 is 14.2 Å². The van der Waals surface area contributed by atoms with Crippen LogP contribution in [0, 0.1) is 3.57 Å². The molecular formula is C22H20INO5. The first-order chi connectivity index (χ1) is 14.0. The Morgan fingerprint density at radius 3 is 2.62 bits per heavy atom. The van der Waals surface area contributed by atoms with E-state index < -0.39 is 5.97 Å². The zero-order chi connectivity index (χ0) is 20.8. The van der Waals surface area contributed by atoms with E-state index in [-0.39, 0.29) is 11.6 Å². The lowest BCUT2D eigenvalue weighted by Crippen LogP contribution is -2.05. The van der Waals surface area contributed by atoms with Crippen LogP contribution in [0.15, 0.2) is 59.7 Å². The highest BCUT2D eigenvalue weighted by atomic mass is 127. The number of methoxy groups -OCH3 is 1. The topological polar surface area (TPSA) is 66.3 Å². The largest absolute Gasteiger partial charge is 0.497 e. The van der Waals surface area contributed by atoms with E-state index in [0.29, 0.717) is 36.0 Å². The normalized spacial score (nSPS) is 14.4. The Morgan fingerprint density at radius 2 is 1.97 bits per heavy atom. The summed E-state index contributed by atoms with van der Waals surface area (Å²) in [6.07, 6.45) is 3.34. The first kappa shape index (κ1) is 20.9. The monoisotopic (exact) mass is 505 g/mol. The summed E-state index contributed by atoms with van der Waals surface area (Å²) in [7, 11) is 1.59. The Bertz CT molecular complexity index is 979. The molecule has 1 aliphatic rings. The van der Waals surface area contributed by atoms with Crippen molar-refractivity contribution >= 4 is 40.5 Å². The summed E-state index contributed by atoms with van der Waals surface area (Å²) >= 11 is 2.17. The van der Waals surface area contributed by atoms with E-state index in [4.69, 9.17) is 18.9 Å². The summed E-state index contributed by atoms with van der Waals surface area (Å²) in [5.41, 5.74) is 1.67. The number of cyclic esters (lactones) is 1. The molecule has 0 radical (unpaired) electrons. The van der Waals surface area contributed by atoms with Crippen LogP contribution >= 0.6 is 22.6 Å². The molecule has 0 spiro atoms. The molecule has 29 heavy (non-hydrogen) atoms. The Morgan fingerprint density at radius 1 is 1.21 bits per heavy atom. The third kappa shape index (κ3) is 4.97. The van der Waals surface area contributed by atoms with Gasteiger partial charge in [0.1, 0.15) is 12.4 Å². The first-order valence-electron chi connectivity index (χ1n) is 8.92. The molecule has 0 N–H and O–H groups in total. The molecule has 6 nitrogen and oxygen atoms in total. The van der Waals surface area contributed by atoms with Crippen molar-refractivity contribution in [3.63, 3.8) is 0 Å². The molecule has 7 heteroatoms. The fourth-order valence-electron chi connectivity index (χ4n) is 2.64. The minimum atomic E-state index is -0.504. The van der Waals surface area contributed by atoms with Crippen LogP contribution in [0.5, 0.6) is 17.2 Å². The molecule has 0 amide bonds. The number of carbonyl (C=O) groups is 1.